The minimum Gasteiger partial charge on any atom is -0.323 e. The van der Waals surface area contributed by atoms with Crippen LogP contribution in [0.15, 0.2) is 60.4 Å². The smallest absolute Gasteiger partial charge is 0.321 e. The Balaban J connectivity index is 1.67. The van der Waals surface area contributed by atoms with Crippen molar-refractivity contribution in [3.05, 3.63) is 65.9 Å². The van der Waals surface area contributed by atoms with Crippen molar-refractivity contribution in [3.8, 4) is 10.6 Å². The van der Waals surface area contributed by atoms with Crippen LogP contribution in [-0.4, -0.2) is 27.9 Å². The van der Waals surface area contributed by atoms with E-state index in [0.29, 0.717) is 6.54 Å². The molecule has 0 unspecified atom stereocenters. The Bertz CT molecular complexity index is 774. The number of pyridine rings is 1. The van der Waals surface area contributed by atoms with Crippen LogP contribution in [0, 0.1) is 0 Å². The van der Waals surface area contributed by atoms with Gasteiger partial charge in [0.1, 0.15) is 5.01 Å². The molecular formula is C17H16N4OS. The Morgan fingerprint density at radius 1 is 1.22 bits per heavy atom. The van der Waals surface area contributed by atoms with Crippen LogP contribution in [0.1, 0.15) is 5.56 Å². The molecule has 5 nitrogen and oxygen atoms in total. The molecule has 0 aliphatic rings. The molecule has 0 fully saturated rings. The van der Waals surface area contributed by atoms with Crippen molar-refractivity contribution in [3.63, 3.8) is 0 Å². The second kappa shape index (κ2) is 7.02. The molecule has 116 valence electrons. The minimum atomic E-state index is -0.155. The van der Waals surface area contributed by atoms with E-state index in [4.69, 9.17) is 0 Å². The molecule has 3 rings (SSSR count). The molecule has 0 saturated carbocycles. The zero-order valence-electron chi connectivity index (χ0n) is 12.6. The molecule has 1 N–H and O–H groups in total. The predicted octanol–water partition coefficient (Wildman–Crippen LogP) is 3.87. The maximum atomic E-state index is 12.3. The van der Waals surface area contributed by atoms with Crippen molar-refractivity contribution in [1.82, 2.24) is 14.9 Å². The number of carbonyl (C=O) groups excluding carboxylic acids is 1. The predicted molar refractivity (Wildman–Crippen MR) is 92.3 cm³/mol. The maximum absolute atomic E-state index is 12.3. The first-order chi connectivity index (χ1) is 11.2. The van der Waals surface area contributed by atoms with Gasteiger partial charge in [-0.25, -0.2) is 9.78 Å². The summed E-state index contributed by atoms with van der Waals surface area (Å²) in [6.07, 6.45) is 5.21. The third kappa shape index (κ3) is 3.92. The van der Waals surface area contributed by atoms with Crippen LogP contribution in [0.5, 0.6) is 0 Å². The van der Waals surface area contributed by atoms with Gasteiger partial charge < -0.3 is 10.2 Å². The number of anilines is 1. The molecule has 0 radical (unpaired) electrons. The third-order valence-corrected chi connectivity index (χ3v) is 4.13. The second-order valence-electron chi connectivity index (χ2n) is 5.06. The van der Waals surface area contributed by atoms with Crippen LogP contribution < -0.4 is 5.32 Å². The van der Waals surface area contributed by atoms with Crippen LogP contribution in [0.3, 0.4) is 0 Å². The van der Waals surface area contributed by atoms with Gasteiger partial charge in [0, 0.05) is 48.8 Å². The number of aromatic nitrogens is 2. The SMILES string of the molecule is CN(Cc1ccncc1)C(=O)Nc1cccc(-c2nccs2)c1. The Hall–Kier alpha value is -2.73. The zero-order valence-corrected chi connectivity index (χ0v) is 13.5. The number of thiazole rings is 1. The van der Waals surface area contributed by atoms with E-state index in [-0.39, 0.29) is 6.03 Å². The van der Waals surface area contributed by atoms with E-state index >= 15 is 0 Å². The number of nitrogens with zero attached hydrogens (tertiary/aromatic N) is 3. The van der Waals surface area contributed by atoms with Gasteiger partial charge in [-0.2, -0.15) is 0 Å². The lowest BCUT2D eigenvalue weighted by molar-refractivity contribution is 0.220. The zero-order chi connectivity index (χ0) is 16.1. The highest BCUT2D eigenvalue weighted by Crippen LogP contribution is 2.24. The van der Waals surface area contributed by atoms with Gasteiger partial charge in [0.25, 0.3) is 0 Å². The van der Waals surface area contributed by atoms with Crippen LogP contribution in [0.4, 0.5) is 10.5 Å². The molecule has 2 aromatic heterocycles. The molecule has 0 atom stereocenters. The Morgan fingerprint density at radius 3 is 2.78 bits per heavy atom. The van der Waals surface area contributed by atoms with Crippen molar-refractivity contribution in [1.29, 1.82) is 0 Å². The monoisotopic (exact) mass is 324 g/mol. The standard InChI is InChI=1S/C17H16N4OS/c1-21(12-13-5-7-18-8-6-13)17(22)20-15-4-2-3-14(11-15)16-19-9-10-23-16/h2-11H,12H2,1H3,(H,20,22). The number of hydrogen-bond acceptors (Lipinski definition) is 4. The van der Waals surface area contributed by atoms with Crippen LogP contribution in [0.2, 0.25) is 0 Å². The van der Waals surface area contributed by atoms with Crippen LogP contribution in [0.25, 0.3) is 10.6 Å². The number of urea groups is 1. The van der Waals surface area contributed by atoms with Gasteiger partial charge in [-0.3, -0.25) is 4.98 Å². The molecular weight excluding hydrogens is 308 g/mol. The number of carbonyl (C=O) groups is 1. The lowest BCUT2D eigenvalue weighted by Gasteiger charge is -2.18. The molecule has 0 aliphatic carbocycles. The number of amides is 2. The van der Waals surface area contributed by atoms with Gasteiger partial charge in [0.05, 0.1) is 0 Å². The molecule has 0 bridgehead atoms. The Kier molecular flexibility index (Phi) is 4.63. The topological polar surface area (TPSA) is 58.1 Å². The summed E-state index contributed by atoms with van der Waals surface area (Å²) in [4.78, 5) is 22.2. The van der Waals surface area contributed by atoms with E-state index in [2.05, 4.69) is 15.3 Å². The maximum Gasteiger partial charge on any atom is 0.321 e. The highest BCUT2D eigenvalue weighted by Gasteiger charge is 2.10. The molecule has 6 heteroatoms. The summed E-state index contributed by atoms with van der Waals surface area (Å²) in [5, 5.41) is 5.78. The molecule has 1 aromatic carbocycles. The first-order valence-corrected chi connectivity index (χ1v) is 8.01. The molecule has 3 aromatic rings. The van der Waals surface area contributed by atoms with E-state index in [1.165, 1.54) is 0 Å². The Morgan fingerprint density at radius 2 is 2.04 bits per heavy atom. The van der Waals surface area contributed by atoms with Crippen LogP contribution >= 0.6 is 11.3 Å². The van der Waals surface area contributed by atoms with E-state index in [9.17, 15) is 4.79 Å². The van der Waals surface area contributed by atoms with Gasteiger partial charge in [-0.15, -0.1) is 11.3 Å². The van der Waals surface area contributed by atoms with Crippen molar-refractivity contribution in [2.75, 3.05) is 12.4 Å². The molecule has 0 aliphatic heterocycles. The van der Waals surface area contributed by atoms with Crippen LogP contribution in [-0.2, 0) is 6.54 Å². The lowest BCUT2D eigenvalue weighted by atomic mass is 10.2. The molecule has 23 heavy (non-hydrogen) atoms. The van der Waals surface area contributed by atoms with Gasteiger partial charge in [-0.05, 0) is 29.8 Å². The van der Waals surface area contributed by atoms with Gasteiger partial charge >= 0.3 is 6.03 Å². The normalized spacial score (nSPS) is 10.3. The van der Waals surface area contributed by atoms with Crippen molar-refractivity contribution < 1.29 is 4.79 Å². The quantitative estimate of drug-likeness (QED) is 0.792. The largest absolute Gasteiger partial charge is 0.323 e. The van der Waals surface area contributed by atoms with Gasteiger partial charge in [-0.1, -0.05) is 12.1 Å². The fourth-order valence-electron chi connectivity index (χ4n) is 2.15. The third-order valence-electron chi connectivity index (χ3n) is 3.31. The summed E-state index contributed by atoms with van der Waals surface area (Å²) >= 11 is 1.57. The summed E-state index contributed by atoms with van der Waals surface area (Å²) in [7, 11) is 1.76. The van der Waals surface area contributed by atoms with E-state index < -0.39 is 0 Å². The summed E-state index contributed by atoms with van der Waals surface area (Å²) in [6, 6.07) is 11.3. The number of benzene rings is 1. The fraction of sp³-hybridized carbons (Fsp3) is 0.118. The Labute approximate surface area is 138 Å². The summed E-state index contributed by atoms with van der Waals surface area (Å²) < 4.78 is 0. The number of hydrogen-bond donors (Lipinski definition) is 1. The second-order valence-corrected chi connectivity index (χ2v) is 5.95. The average Bonchev–Trinajstić information content (AvgIpc) is 3.10. The van der Waals surface area contributed by atoms with E-state index in [1.54, 1.807) is 41.9 Å². The fourth-order valence-corrected chi connectivity index (χ4v) is 2.78. The molecule has 0 saturated heterocycles. The average molecular weight is 324 g/mol. The van der Waals surface area contributed by atoms with Crippen molar-refractivity contribution in [2.45, 2.75) is 6.54 Å². The number of nitrogens with one attached hydrogen (secondary N) is 1. The molecule has 2 heterocycles. The highest BCUT2D eigenvalue weighted by atomic mass is 32.1. The summed E-state index contributed by atoms with van der Waals surface area (Å²) in [5.74, 6) is 0. The first kappa shape index (κ1) is 15.2. The minimum absolute atomic E-state index is 0.155. The molecule has 0 spiro atoms. The van der Waals surface area contributed by atoms with Gasteiger partial charge in [0.2, 0.25) is 0 Å². The summed E-state index contributed by atoms with van der Waals surface area (Å²) in [6.45, 7) is 0.528. The van der Waals surface area contributed by atoms with Crippen molar-refractivity contribution >= 4 is 23.1 Å². The molecule has 2 amide bonds. The number of rotatable bonds is 4. The highest BCUT2D eigenvalue weighted by molar-refractivity contribution is 7.13. The van der Waals surface area contributed by atoms with Crippen molar-refractivity contribution in [2.24, 2.45) is 0 Å². The lowest BCUT2D eigenvalue weighted by Crippen LogP contribution is -2.30. The van der Waals surface area contributed by atoms with E-state index in [0.717, 1.165) is 21.8 Å². The van der Waals surface area contributed by atoms with E-state index in [1.807, 2.05) is 41.8 Å². The first-order valence-electron chi connectivity index (χ1n) is 7.13. The van der Waals surface area contributed by atoms with Gasteiger partial charge in [0.15, 0.2) is 0 Å². The summed E-state index contributed by atoms with van der Waals surface area (Å²) in [5.41, 5.74) is 2.79.